The summed E-state index contributed by atoms with van der Waals surface area (Å²) in [5.41, 5.74) is 3.11. The van der Waals surface area contributed by atoms with E-state index < -0.39 is 5.97 Å². The summed E-state index contributed by atoms with van der Waals surface area (Å²) < 4.78 is 5.40. The average Bonchev–Trinajstić information content (AvgIpc) is 3.23. The van der Waals surface area contributed by atoms with E-state index in [-0.39, 0.29) is 18.2 Å². The lowest BCUT2D eigenvalue weighted by atomic mass is 9.97. The van der Waals surface area contributed by atoms with Crippen molar-refractivity contribution in [1.82, 2.24) is 14.8 Å². The second-order valence-electron chi connectivity index (χ2n) is 7.90. The van der Waals surface area contributed by atoms with Gasteiger partial charge in [-0.1, -0.05) is 24.3 Å². The third-order valence-electron chi connectivity index (χ3n) is 5.79. The van der Waals surface area contributed by atoms with Gasteiger partial charge in [0, 0.05) is 43.7 Å². The van der Waals surface area contributed by atoms with Gasteiger partial charge in [0.15, 0.2) is 0 Å². The van der Waals surface area contributed by atoms with Gasteiger partial charge < -0.3 is 14.7 Å². The molecule has 1 amide bonds. The Kier molecular flexibility index (Phi) is 6.76. The molecule has 160 valence electrons. The monoisotopic (exact) mass is 429 g/mol. The SMILES string of the molecule is O=C(O)C1CCN(C(=O)Cc2csc(-c3ccc(CN4CCOCC4)cc3)n2)CC1. The molecule has 2 aromatic rings. The summed E-state index contributed by atoms with van der Waals surface area (Å²) in [7, 11) is 0. The second kappa shape index (κ2) is 9.68. The van der Waals surface area contributed by atoms with Crippen molar-refractivity contribution in [1.29, 1.82) is 0 Å². The predicted octanol–water partition coefficient (Wildman–Crippen LogP) is 2.51. The number of rotatable bonds is 6. The van der Waals surface area contributed by atoms with Gasteiger partial charge in [0.25, 0.3) is 0 Å². The Hall–Kier alpha value is -2.29. The summed E-state index contributed by atoms with van der Waals surface area (Å²) >= 11 is 1.55. The fraction of sp³-hybridized carbons (Fsp3) is 0.500. The molecule has 0 aliphatic carbocycles. The number of nitrogens with zero attached hydrogens (tertiary/aromatic N) is 3. The Bertz CT molecular complexity index is 869. The number of piperidine rings is 1. The van der Waals surface area contributed by atoms with E-state index in [1.165, 1.54) is 5.56 Å². The quantitative estimate of drug-likeness (QED) is 0.760. The summed E-state index contributed by atoms with van der Waals surface area (Å²) in [6.07, 6.45) is 1.32. The molecule has 0 radical (unpaired) electrons. The number of amides is 1. The highest BCUT2D eigenvalue weighted by Crippen LogP contribution is 2.25. The molecule has 1 aromatic heterocycles. The van der Waals surface area contributed by atoms with Gasteiger partial charge in [0.2, 0.25) is 5.91 Å². The number of carboxylic acids is 1. The number of benzene rings is 1. The standard InChI is InChI=1S/C22H27N3O4S/c26-20(25-7-5-18(6-8-25)22(27)28)13-19-15-30-21(23-19)17-3-1-16(2-4-17)14-24-9-11-29-12-10-24/h1-4,15,18H,5-14H2,(H,27,28). The van der Waals surface area contributed by atoms with Crippen LogP contribution in [0.4, 0.5) is 0 Å². The number of carbonyl (C=O) groups excluding carboxylic acids is 1. The van der Waals surface area contributed by atoms with Crippen LogP contribution in [0.2, 0.25) is 0 Å². The van der Waals surface area contributed by atoms with Crippen LogP contribution in [0.25, 0.3) is 10.6 Å². The Labute approximate surface area is 180 Å². The Morgan fingerprint density at radius 2 is 1.80 bits per heavy atom. The molecule has 0 saturated carbocycles. The highest BCUT2D eigenvalue weighted by Gasteiger charge is 2.27. The average molecular weight is 430 g/mol. The zero-order valence-electron chi connectivity index (χ0n) is 17.0. The van der Waals surface area contributed by atoms with Gasteiger partial charge >= 0.3 is 5.97 Å². The molecule has 30 heavy (non-hydrogen) atoms. The van der Waals surface area contributed by atoms with Crippen LogP contribution in [-0.2, 0) is 27.3 Å². The number of aliphatic carboxylic acids is 1. The molecule has 2 aliphatic rings. The van der Waals surface area contributed by atoms with E-state index in [1.54, 1.807) is 16.2 Å². The number of hydrogen-bond acceptors (Lipinski definition) is 6. The molecule has 1 N–H and O–H groups in total. The van der Waals surface area contributed by atoms with Gasteiger partial charge in [-0.2, -0.15) is 0 Å². The normalized spacial score (nSPS) is 18.5. The third-order valence-corrected chi connectivity index (χ3v) is 6.73. The van der Waals surface area contributed by atoms with E-state index in [0.717, 1.165) is 49.1 Å². The van der Waals surface area contributed by atoms with E-state index in [2.05, 4.69) is 34.1 Å². The molecular weight excluding hydrogens is 402 g/mol. The van der Waals surface area contributed by atoms with Crippen molar-refractivity contribution in [3.63, 3.8) is 0 Å². The van der Waals surface area contributed by atoms with Crippen molar-refractivity contribution in [2.75, 3.05) is 39.4 Å². The maximum atomic E-state index is 12.6. The van der Waals surface area contributed by atoms with E-state index in [1.807, 2.05) is 5.38 Å². The van der Waals surface area contributed by atoms with Gasteiger partial charge in [-0.05, 0) is 18.4 Å². The van der Waals surface area contributed by atoms with Crippen molar-refractivity contribution in [2.24, 2.45) is 5.92 Å². The van der Waals surface area contributed by atoms with Crippen LogP contribution in [-0.4, -0.2) is 71.2 Å². The van der Waals surface area contributed by atoms with Crippen molar-refractivity contribution < 1.29 is 19.4 Å². The number of carbonyl (C=O) groups is 2. The molecule has 1 aromatic carbocycles. The van der Waals surface area contributed by atoms with Crippen LogP contribution >= 0.6 is 11.3 Å². The zero-order chi connectivity index (χ0) is 20.9. The van der Waals surface area contributed by atoms with Crippen LogP contribution in [0.5, 0.6) is 0 Å². The topological polar surface area (TPSA) is 83.0 Å². The molecule has 0 unspecified atom stereocenters. The molecule has 0 atom stereocenters. The van der Waals surface area contributed by atoms with Gasteiger partial charge in [0.1, 0.15) is 5.01 Å². The first-order chi connectivity index (χ1) is 14.6. The van der Waals surface area contributed by atoms with E-state index >= 15 is 0 Å². The Morgan fingerprint density at radius 1 is 1.10 bits per heavy atom. The van der Waals surface area contributed by atoms with E-state index in [4.69, 9.17) is 9.84 Å². The van der Waals surface area contributed by atoms with Crippen molar-refractivity contribution in [3.8, 4) is 10.6 Å². The summed E-state index contributed by atoms with van der Waals surface area (Å²) in [5, 5.41) is 11.9. The van der Waals surface area contributed by atoms with Crippen molar-refractivity contribution in [2.45, 2.75) is 25.8 Å². The minimum absolute atomic E-state index is 0.0246. The fourth-order valence-corrected chi connectivity index (χ4v) is 4.76. The first-order valence-corrected chi connectivity index (χ1v) is 11.3. The van der Waals surface area contributed by atoms with Crippen LogP contribution in [0.1, 0.15) is 24.1 Å². The molecule has 2 saturated heterocycles. The summed E-state index contributed by atoms with van der Waals surface area (Å²) in [5.74, 6) is -1.06. The minimum atomic E-state index is -0.762. The highest BCUT2D eigenvalue weighted by atomic mass is 32.1. The van der Waals surface area contributed by atoms with Crippen LogP contribution in [0.3, 0.4) is 0 Å². The van der Waals surface area contributed by atoms with Crippen molar-refractivity contribution >= 4 is 23.2 Å². The Balaban J connectivity index is 1.31. The lowest BCUT2D eigenvalue weighted by Gasteiger charge is -2.30. The number of thiazole rings is 1. The first-order valence-electron chi connectivity index (χ1n) is 10.4. The lowest BCUT2D eigenvalue weighted by molar-refractivity contribution is -0.145. The highest BCUT2D eigenvalue weighted by molar-refractivity contribution is 7.13. The van der Waals surface area contributed by atoms with Gasteiger partial charge in [-0.25, -0.2) is 4.98 Å². The predicted molar refractivity (Wildman–Crippen MR) is 114 cm³/mol. The number of morpholine rings is 1. The van der Waals surface area contributed by atoms with Crippen LogP contribution < -0.4 is 0 Å². The van der Waals surface area contributed by atoms with Gasteiger partial charge in [-0.3, -0.25) is 14.5 Å². The molecule has 4 rings (SSSR count). The third kappa shape index (κ3) is 5.24. The number of ether oxygens (including phenoxy) is 1. The number of likely N-dealkylation sites (tertiary alicyclic amines) is 1. The van der Waals surface area contributed by atoms with E-state index in [0.29, 0.717) is 25.9 Å². The Morgan fingerprint density at radius 3 is 2.47 bits per heavy atom. The zero-order valence-corrected chi connectivity index (χ0v) is 17.8. The lowest BCUT2D eigenvalue weighted by Crippen LogP contribution is -2.41. The second-order valence-corrected chi connectivity index (χ2v) is 8.76. The van der Waals surface area contributed by atoms with Gasteiger partial charge in [-0.15, -0.1) is 11.3 Å². The van der Waals surface area contributed by atoms with Gasteiger partial charge in [0.05, 0.1) is 31.2 Å². The molecule has 7 nitrogen and oxygen atoms in total. The molecule has 2 aliphatic heterocycles. The smallest absolute Gasteiger partial charge is 0.306 e. The van der Waals surface area contributed by atoms with E-state index in [9.17, 15) is 9.59 Å². The maximum Gasteiger partial charge on any atom is 0.306 e. The molecule has 2 fully saturated rings. The van der Waals surface area contributed by atoms with Crippen LogP contribution in [0, 0.1) is 5.92 Å². The van der Waals surface area contributed by atoms with Crippen LogP contribution in [0.15, 0.2) is 29.6 Å². The summed E-state index contributed by atoms with van der Waals surface area (Å²) in [6, 6.07) is 8.47. The molecule has 0 spiro atoms. The summed E-state index contributed by atoms with van der Waals surface area (Å²) in [6.45, 7) is 5.50. The number of aromatic nitrogens is 1. The van der Waals surface area contributed by atoms with Crippen molar-refractivity contribution in [3.05, 3.63) is 40.9 Å². The number of carboxylic acid groups (broad SMARTS) is 1. The minimum Gasteiger partial charge on any atom is -0.481 e. The molecule has 3 heterocycles. The molecular formula is C22H27N3O4S. The maximum absolute atomic E-state index is 12.6. The summed E-state index contributed by atoms with van der Waals surface area (Å²) in [4.78, 5) is 32.4. The molecule has 0 bridgehead atoms. The largest absolute Gasteiger partial charge is 0.481 e. The number of hydrogen-bond donors (Lipinski definition) is 1. The fourth-order valence-electron chi connectivity index (χ4n) is 3.93. The first kappa shape index (κ1) is 21.0. The molecule has 8 heteroatoms.